The molecule has 0 saturated heterocycles. The maximum absolute atomic E-state index is 5.27. The van der Waals surface area contributed by atoms with Gasteiger partial charge in [0.1, 0.15) is 0 Å². The van der Waals surface area contributed by atoms with E-state index in [1.807, 2.05) is 42.9 Å². The second kappa shape index (κ2) is 8.15. The molecule has 40 heavy (non-hydrogen) atoms. The summed E-state index contributed by atoms with van der Waals surface area (Å²) in [5.74, 6) is 0.637. The molecule has 5 aromatic heterocycles. The molecule has 5 nitrogen and oxygen atoms in total. The highest BCUT2D eigenvalue weighted by Crippen LogP contribution is 2.47. The summed E-state index contributed by atoms with van der Waals surface area (Å²) in [5.41, 5.74) is 5.88. The van der Waals surface area contributed by atoms with Crippen LogP contribution in [-0.2, 0) is 0 Å². The number of nitrogens with zero attached hydrogens (tertiary/aromatic N) is 5. The fraction of sp³-hybridized carbons (Fsp3) is 0. The molecule has 5 heterocycles. The van der Waals surface area contributed by atoms with E-state index < -0.39 is 0 Å². The number of para-hydroxylation sites is 1. The molecule has 0 amide bonds. The van der Waals surface area contributed by atoms with Crippen LogP contribution < -0.4 is 0 Å². The minimum absolute atomic E-state index is 0.637. The van der Waals surface area contributed by atoms with E-state index in [0.717, 1.165) is 54.9 Å². The lowest BCUT2D eigenvalue weighted by Gasteiger charge is -2.12. The van der Waals surface area contributed by atoms with E-state index in [4.69, 9.17) is 15.0 Å². The molecule has 9 rings (SSSR count). The summed E-state index contributed by atoms with van der Waals surface area (Å²) in [6, 6.07) is 33.4. The number of benzene rings is 4. The molecule has 0 fully saturated rings. The molecule has 186 valence electrons. The number of fused-ring (bicyclic) bond motifs is 11. The fourth-order valence-corrected chi connectivity index (χ4v) is 7.32. The Morgan fingerprint density at radius 1 is 0.625 bits per heavy atom. The zero-order valence-corrected chi connectivity index (χ0v) is 21.9. The first kappa shape index (κ1) is 21.7. The Labute approximate surface area is 232 Å². The van der Waals surface area contributed by atoms with Crippen molar-refractivity contribution in [1.29, 1.82) is 0 Å². The predicted octanol–water partition coefficient (Wildman–Crippen LogP) is 8.71. The Morgan fingerprint density at radius 2 is 1.45 bits per heavy atom. The molecule has 0 atom stereocenters. The van der Waals surface area contributed by atoms with Crippen LogP contribution in [0.25, 0.3) is 81.0 Å². The molecule has 0 bridgehead atoms. The van der Waals surface area contributed by atoms with Crippen molar-refractivity contribution in [3.05, 3.63) is 116 Å². The van der Waals surface area contributed by atoms with Crippen molar-refractivity contribution in [2.75, 3.05) is 0 Å². The van der Waals surface area contributed by atoms with Crippen molar-refractivity contribution in [2.24, 2.45) is 0 Å². The molecule has 6 heteroatoms. The van der Waals surface area contributed by atoms with Gasteiger partial charge in [0.2, 0.25) is 5.95 Å². The van der Waals surface area contributed by atoms with Crippen LogP contribution in [0.5, 0.6) is 0 Å². The van der Waals surface area contributed by atoms with Crippen LogP contribution in [0, 0.1) is 0 Å². The van der Waals surface area contributed by atoms with Gasteiger partial charge in [-0.25, -0.2) is 9.97 Å². The summed E-state index contributed by atoms with van der Waals surface area (Å²) in [6.07, 6.45) is 5.72. The molecule has 0 spiro atoms. The van der Waals surface area contributed by atoms with E-state index in [1.54, 1.807) is 11.3 Å². The third kappa shape index (κ3) is 2.91. The first-order valence-electron chi connectivity index (χ1n) is 13.2. The molecule has 0 unspecified atom stereocenters. The monoisotopic (exact) mass is 529 g/mol. The van der Waals surface area contributed by atoms with Crippen molar-refractivity contribution >= 4 is 75.1 Å². The van der Waals surface area contributed by atoms with E-state index in [1.165, 1.54) is 20.2 Å². The van der Waals surface area contributed by atoms with Gasteiger partial charge >= 0.3 is 0 Å². The quantitative estimate of drug-likeness (QED) is 0.225. The lowest BCUT2D eigenvalue weighted by atomic mass is 10.0. The number of hydrogen-bond donors (Lipinski definition) is 0. The maximum Gasteiger partial charge on any atom is 0.235 e. The average molecular weight is 530 g/mol. The largest absolute Gasteiger partial charge is 0.275 e. The SMILES string of the molecule is c1ccc(-c2nc(-n3c4cccnc4c4c5ccncc5c5c6ccccc6sc5c43)nc3ccccc23)cc1. The van der Waals surface area contributed by atoms with Crippen LogP contribution in [0.4, 0.5) is 0 Å². The third-order valence-corrected chi connectivity index (χ3v) is 8.91. The van der Waals surface area contributed by atoms with Crippen molar-refractivity contribution in [3.8, 4) is 17.2 Å². The first-order chi connectivity index (χ1) is 19.9. The second-order valence-electron chi connectivity index (χ2n) is 9.91. The van der Waals surface area contributed by atoms with Gasteiger partial charge in [-0.1, -0.05) is 66.7 Å². The predicted molar refractivity (Wildman–Crippen MR) is 165 cm³/mol. The molecule has 0 aliphatic heterocycles. The van der Waals surface area contributed by atoms with Gasteiger partial charge in [0.15, 0.2) is 0 Å². The Morgan fingerprint density at radius 3 is 2.38 bits per heavy atom. The Hall–Kier alpha value is -5.20. The standard InChI is InChI=1S/C34H19N5S/c1-2-9-20(10-3-1)30-22-11-4-6-13-25(22)37-34(38-30)39-26-14-8-17-36-31(26)29-21-16-18-35-19-24(21)28-23-12-5-7-15-27(23)40-33(28)32(29)39/h1-19H. The van der Waals surface area contributed by atoms with Crippen molar-refractivity contribution in [1.82, 2.24) is 24.5 Å². The minimum Gasteiger partial charge on any atom is -0.275 e. The summed E-state index contributed by atoms with van der Waals surface area (Å²) in [7, 11) is 0. The highest BCUT2D eigenvalue weighted by Gasteiger charge is 2.24. The highest BCUT2D eigenvalue weighted by molar-refractivity contribution is 7.27. The first-order valence-corrected chi connectivity index (χ1v) is 14.0. The highest BCUT2D eigenvalue weighted by atomic mass is 32.1. The van der Waals surface area contributed by atoms with Crippen molar-refractivity contribution in [3.63, 3.8) is 0 Å². The molecule has 0 aliphatic carbocycles. The van der Waals surface area contributed by atoms with Crippen LogP contribution in [0.2, 0.25) is 0 Å². The average Bonchev–Trinajstić information content (AvgIpc) is 3.58. The molecule has 0 aliphatic rings. The summed E-state index contributed by atoms with van der Waals surface area (Å²) < 4.78 is 4.64. The Kier molecular flexibility index (Phi) is 4.42. The smallest absolute Gasteiger partial charge is 0.235 e. The Bertz CT molecular complexity index is 2440. The number of aromatic nitrogens is 5. The lowest BCUT2D eigenvalue weighted by Crippen LogP contribution is -2.03. The Balaban J connectivity index is 1.54. The van der Waals surface area contributed by atoms with E-state index in [-0.39, 0.29) is 0 Å². The number of rotatable bonds is 2. The molecule has 9 aromatic rings. The van der Waals surface area contributed by atoms with Crippen molar-refractivity contribution in [2.45, 2.75) is 0 Å². The van der Waals surface area contributed by atoms with Crippen LogP contribution in [0.3, 0.4) is 0 Å². The van der Waals surface area contributed by atoms with Gasteiger partial charge in [-0.15, -0.1) is 11.3 Å². The van der Waals surface area contributed by atoms with Gasteiger partial charge in [-0.2, -0.15) is 0 Å². The summed E-state index contributed by atoms with van der Waals surface area (Å²) in [5, 5.41) is 6.84. The van der Waals surface area contributed by atoms with Gasteiger partial charge in [-0.3, -0.25) is 14.5 Å². The van der Waals surface area contributed by atoms with Gasteiger partial charge in [-0.05, 0) is 35.7 Å². The molecule has 0 N–H and O–H groups in total. The lowest BCUT2D eigenvalue weighted by molar-refractivity contribution is 1.02. The normalized spacial score (nSPS) is 12.0. The number of thiophene rings is 1. The van der Waals surface area contributed by atoms with Crippen LogP contribution in [-0.4, -0.2) is 24.5 Å². The summed E-state index contributed by atoms with van der Waals surface area (Å²) in [6.45, 7) is 0. The van der Waals surface area contributed by atoms with E-state index >= 15 is 0 Å². The van der Waals surface area contributed by atoms with Crippen molar-refractivity contribution < 1.29 is 0 Å². The molecule has 4 aromatic carbocycles. The molecular weight excluding hydrogens is 510 g/mol. The maximum atomic E-state index is 5.27. The van der Waals surface area contributed by atoms with Crippen LogP contribution in [0.15, 0.2) is 116 Å². The van der Waals surface area contributed by atoms with E-state index in [0.29, 0.717) is 5.95 Å². The molecular formula is C34H19N5S. The van der Waals surface area contributed by atoms with Crippen LogP contribution in [0.1, 0.15) is 0 Å². The summed E-state index contributed by atoms with van der Waals surface area (Å²) >= 11 is 1.80. The van der Waals surface area contributed by atoms with Gasteiger partial charge in [0.25, 0.3) is 0 Å². The zero-order valence-electron chi connectivity index (χ0n) is 21.1. The van der Waals surface area contributed by atoms with E-state index in [2.05, 4.69) is 82.3 Å². The minimum atomic E-state index is 0.637. The van der Waals surface area contributed by atoms with Gasteiger partial charge < -0.3 is 0 Å². The van der Waals surface area contributed by atoms with Gasteiger partial charge in [0, 0.05) is 55.8 Å². The second-order valence-corrected chi connectivity index (χ2v) is 11.0. The number of hydrogen-bond acceptors (Lipinski definition) is 5. The molecule has 0 radical (unpaired) electrons. The van der Waals surface area contributed by atoms with Crippen LogP contribution >= 0.6 is 11.3 Å². The zero-order chi connectivity index (χ0) is 26.2. The number of pyridine rings is 2. The molecule has 0 saturated carbocycles. The third-order valence-electron chi connectivity index (χ3n) is 7.73. The van der Waals surface area contributed by atoms with E-state index in [9.17, 15) is 0 Å². The summed E-state index contributed by atoms with van der Waals surface area (Å²) in [4.78, 5) is 19.9. The van der Waals surface area contributed by atoms with Gasteiger partial charge in [0.05, 0.1) is 32.5 Å². The topological polar surface area (TPSA) is 56.5 Å². The fourth-order valence-electron chi connectivity index (χ4n) is 6.06.